The normalized spacial score (nSPS) is 10.9. The summed E-state index contributed by atoms with van der Waals surface area (Å²) < 4.78 is 10.8. The maximum atomic E-state index is 12.2. The van der Waals surface area contributed by atoms with Crippen molar-refractivity contribution in [1.29, 1.82) is 0 Å². The van der Waals surface area contributed by atoms with E-state index in [-0.39, 0.29) is 5.91 Å². The number of nitrogens with one attached hydrogen (secondary N) is 1. The Balaban J connectivity index is 1.29. The molecule has 0 aliphatic rings. The van der Waals surface area contributed by atoms with Crippen LogP contribution in [0.3, 0.4) is 0 Å². The average Bonchev–Trinajstić information content (AvgIpc) is 3.34. The Hall–Kier alpha value is -2.84. The van der Waals surface area contributed by atoms with Crippen LogP contribution in [0.2, 0.25) is 0 Å². The molecule has 0 unspecified atom stereocenters. The lowest BCUT2D eigenvalue weighted by atomic mass is 10.2. The topological polar surface area (TPSA) is 77.2 Å². The Kier molecular flexibility index (Phi) is 5.59. The average molecular weight is 412 g/mol. The first-order chi connectivity index (χ1) is 13.7. The highest BCUT2D eigenvalue weighted by molar-refractivity contribution is 7.99. The van der Waals surface area contributed by atoms with Crippen molar-refractivity contribution in [2.24, 2.45) is 0 Å². The number of hydrogen-bond acceptors (Lipinski definition) is 7. The predicted octanol–water partition coefficient (Wildman–Crippen LogP) is 5.08. The van der Waals surface area contributed by atoms with Gasteiger partial charge in [0, 0.05) is 23.1 Å². The number of fused-ring (bicyclic) bond motifs is 1. The molecule has 2 heterocycles. The number of thiazole rings is 1. The van der Waals surface area contributed by atoms with Crippen molar-refractivity contribution < 1.29 is 13.9 Å². The SMILES string of the molecule is COc1ccc(-c2csc(NC(=O)CCSc3nc4ccccc4o3)n2)cc1. The number of carbonyl (C=O) groups is 1. The zero-order valence-electron chi connectivity index (χ0n) is 15.0. The molecule has 2 aromatic heterocycles. The molecular weight excluding hydrogens is 394 g/mol. The molecular formula is C20H17N3O3S2. The summed E-state index contributed by atoms with van der Waals surface area (Å²) in [5, 5.41) is 5.93. The van der Waals surface area contributed by atoms with Gasteiger partial charge < -0.3 is 14.5 Å². The number of amides is 1. The molecule has 28 heavy (non-hydrogen) atoms. The molecule has 1 amide bonds. The Bertz CT molecular complexity index is 1060. The summed E-state index contributed by atoms with van der Waals surface area (Å²) in [7, 11) is 1.63. The molecule has 4 rings (SSSR count). The first-order valence-corrected chi connectivity index (χ1v) is 10.5. The van der Waals surface area contributed by atoms with Gasteiger partial charge in [-0.3, -0.25) is 4.79 Å². The zero-order chi connectivity index (χ0) is 19.3. The van der Waals surface area contributed by atoms with Gasteiger partial charge in [0.1, 0.15) is 11.3 Å². The number of carbonyl (C=O) groups excluding carboxylic acids is 1. The molecule has 0 bridgehead atoms. The molecule has 2 aromatic carbocycles. The lowest BCUT2D eigenvalue weighted by Gasteiger charge is -2.01. The molecule has 1 N–H and O–H groups in total. The second kappa shape index (κ2) is 8.45. The van der Waals surface area contributed by atoms with Gasteiger partial charge in [-0.05, 0) is 36.4 Å². The van der Waals surface area contributed by atoms with Gasteiger partial charge in [0.25, 0.3) is 5.22 Å². The van der Waals surface area contributed by atoms with Crippen molar-refractivity contribution in [2.75, 3.05) is 18.2 Å². The second-order valence-corrected chi connectivity index (χ2v) is 7.76. The summed E-state index contributed by atoms with van der Waals surface area (Å²) in [5.74, 6) is 1.29. The minimum absolute atomic E-state index is 0.0840. The monoisotopic (exact) mass is 411 g/mol. The van der Waals surface area contributed by atoms with Crippen LogP contribution in [0, 0.1) is 0 Å². The Morgan fingerprint density at radius 3 is 2.79 bits per heavy atom. The molecule has 4 aromatic rings. The highest BCUT2D eigenvalue weighted by Gasteiger charge is 2.10. The Morgan fingerprint density at radius 2 is 2.00 bits per heavy atom. The van der Waals surface area contributed by atoms with Gasteiger partial charge in [0.05, 0.1) is 12.8 Å². The third-order valence-corrected chi connectivity index (χ3v) is 5.55. The molecule has 0 saturated carbocycles. The number of methoxy groups -OCH3 is 1. The molecule has 8 heteroatoms. The van der Waals surface area contributed by atoms with E-state index >= 15 is 0 Å². The fraction of sp³-hybridized carbons (Fsp3) is 0.150. The molecule has 0 saturated heterocycles. The highest BCUT2D eigenvalue weighted by atomic mass is 32.2. The highest BCUT2D eigenvalue weighted by Crippen LogP contribution is 2.27. The summed E-state index contributed by atoms with van der Waals surface area (Å²) in [4.78, 5) is 21.0. The van der Waals surface area contributed by atoms with Gasteiger partial charge in [-0.15, -0.1) is 11.3 Å². The molecule has 0 aliphatic heterocycles. The van der Waals surface area contributed by atoms with Crippen LogP contribution in [0.15, 0.2) is 63.6 Å². The number of ether oxygens (including phenoxy) is 1. The van der Waals surface area contributed by atoms with Crippen molar-refractivity contribution in [2.45, 2.75) is 11.6 Å². The number of rotatable bonds is 7. The third-order valence-electron chi connectivity index (χ3n) is 3.97. The third kappa shape index (κ3) is 4.35. The van der Waals surface area contributed by atoms with Gasteiger partial charge in [0.15, 0.2) is 10.7 Å². The van der Waals surface area contributed by atoms with Crippen LogP contribution in [0.25, 0.3) is 22.4 Å². The van der Waals surface area contributed by atoms with Crippen molar-refractivity contribution >= 4 is 45.2 Å². The smallest absolute Gasteiger partial charge is 0.256 e. The van der Waals surface area contributed by atoms with E-state index in [2.05, 4.69) is 15.3 Å². The van der Waals surface area contributed by atoms with Crippen LogP contribution in [-0.4, -0.2) is 28.7 Å². The maximum Gasteiger partial charge on any atom is 0.256 e. The first kappa shape index (κ1) is 18.5. The molecule has 0 atom stereocenters. The second-order valence-electron chi connectivity index (χ2n) is 5.86. The molecule has 0 aliphatic carbocycles. The van der Waals surface area contributed by atoms with Crippen molar-refractivity contribution in [1.82, 2.24) is 9.97 Å². The fourth-order valence-electron chi connectivity index (χ4n) is 2.55. The number of aromatic nitrogens is 2. The van der Waals surface area contributed by atoms with Crippen molar-refractivity contribution in [3.05, 3.63) is 53.9 Å². The number of thioether (sulfide) groups is 1. The Morgan fingerprint density at radius 1 is 1.18 bits per heavy atom. The van der Waals surface area contributed by atoms with E-state index in [9.17, 15) is 4.79 Å². The summed E-state index contributed by atoms with van der Waals surface area (Å²) >= 11 is 2.83. The van der Waals surface area contributed by atoms with E-state index in [0.717, 1.165) is 28.1 Å². The van der Waals surface area contributed by atoms with E-state index in [1.165, 1.54) is 23.1 Å². The number of benzene rings is 2. The van der Waals surface area contributed by atoms with Crippen LogP contribution in [0.4, 0.5) is 5.13 Å². The lowest BCUT2D eigenvalue weighted by molar-refractivity contribution is -0.115. The van der Waals surface area contributed by atoms with E-state index in [0.29, 0.717) is 22.5 Å². The zero-order valence-corrected chi connectivity index (χ0v) is 16.7. The predicted molar refractivity (Wildman–Crippen MR) is 112 cm³/mol. The van der Waals surface area contributed by atoms with Crippen molar-refractivity contribution in [3.8, 4) is 17.0 Å². The fourth-order valence-corrected chi connectivity index (χ4v) is 4.06. The quantitative estimate of drug-likeness (QED) is 0.427. The molecule has 6 nitrogen and oxygen atoms in total. The van der Waals surface area contributed by atoms with E-state index < -0.39 is 0 Å². The van der Waals surface area contributed by atoms with Gasteiger partial charge in [0.2, 0.25) is 5.91 Å². The minimum Gasteiger partial charge on any atom is -0.497 e. The van der Waals surface area contributed by atoms with Crippen LogP contribution in [-0.2, 0) is 4.79 Å². The van der Waals surface area contributed by atoms with Gasteiger partial charge in [-0.25, -0.2) is 9.97 Å². The van der Waals surface area contributed by atoms with E-state index in [1.807, 2.05) is 53.9 Å². The number of anilines is 1. The lowest BCUT2D eigenvalue weighted by Crippen LogP contribution is -2.11. The molecule has 0 fully saturated rings. The van der Waals surface area contributed by atoms with Gasteiger partial charge >= 0.3 is 0 Å². The number of nitrogens with zero attached hydrogens (tertiary/aromatic N) is 2. The number of hydrogen-bond donors (Lipinski definition) is 1. The van der Waals surface area contributed by atoms with Crippen molar-refractivity contribution in [3.63, 3.8) is 0 Å². The summed E-state index contributed by atoms with van der Waals surface area (Å²) in [5.41, 5.74) is 3.37. The Labute approximate surface area is 170 Å². The first-order valence-electron chi connectivity index (χ1n) is 8.59. The van der Waals surface area contributed by atoms with Crippen LogP contribution < -0.4 is 10.1 Å². The summed E-state index contributed by atoms with van der Waals surface area (Å²) in [6.07, 6.45) is 0.348. The van der Waals surface area contributed by atoms with Crippen LogP contribution in [0.5, 0.6) is 5.75 Å². The number of oxazole rings is 1. The minimum atomic E-state index is -0.0840. The summed E-state index contributed by atoms with van der Waals surface area (Å²) in [6.45, 7) is 0. The van der Waals surface area contributed by atoms with Gasteiger partial charge in [-0.1, -0.05) is 23.9 Å². The standard InChI is InChI=1S/C20H17N3O3S2/c1-25-14-8-6-13(7-9-14)16-12-28-19(21-16)23-18(24)10-11-27-20-22-15-4-2-3-5-17(15)26-20/h2-9,12H,10-11H2,1H3,(H,21,23,24). The maximum absolute atomic E-state index is 12.2. The number of para-hydroxylation sites is 2. The largest absolute Gasteiger partial charge is 0.497 e. The van der Waals surface area contributed by atoms with Gasteiger partial charge in [-0.2, -0.15) is 0 Å². The van der Waals surface area contributed by atoms with E-state index in [4.69, 9.17) is 9.15 Å². The van der Waals surface area contributed by atoms with Crippen LogP contribution >= 0.6 is 23.1 Å². The van der Waals surface area contributed by atoms with Crippen LogP contribution in [0.1, 0.15) is 6.42 Å². The molecule has 0 radical (unpaired) electrons. The van der Waals surface area contributed by atoms with E-state index in [1.54, 1.807) is 7.11 Å². The molecule has 0 spiro atoms. The summed E-state index contributed by atoms with van der Waals surface area (Å²) in [6, 6.07) is 15.3. The molecule has 142 valence electrons.